The van der Waals surface area contributed by atoms with E-state index in [2.05, 4.69) is 36.3 Å². The van der Waals surface area contributed by atoms with Crippen LogP contribution in [-0.4, -0.2) is 30.5 Å². The Morgan fingerprint density at radius 2 is 2.21 bits per heavy atom. The lowest BCUT2D eigenvalue weighted by Gasteiger charge is -2.13. The summed E-state index contributed by atoms with van der Waals surface area (Å²) in [7, 11) is 0. The third kappa shape index (κ3) is 3.37. The summed E-state index contributed by atoms with van der Waals surface area (Å²) in [6.45, 7) is 3.95. The third-order valence-corrected chi connectivity index (χ3v) is 3.98. The predicted molar refractivity (Wildman–Crippen MR) is 75.3 cm³/mol. The minimum Gasteiger partial charge on any atom is -0.324 e. The summed E-state index contributed by atoms with van der Waals surface area (Å²) in [5.74, 6) is 0.794. The van der Waals surface area contributed by atoms with Gasteiger partial charge in [-0.25, -0.2) is 14.6 Å². The zero-order chi connectivity index (χ0) is 13.8. The Bertz CT molecular complexity index is 538. The van der Waals surface area contributed by atoms with Gasteiger partial charge < -0.3 is 5.32 Å². The van der Waals surface area contributed by atoms with Crippen molar-refractivity contribution in [2.24, 2.45) is 5.92 Å². The predicted octanol–water partition coefficient (Wildman–Crippen LogP) is 2.02. The molecule has 0 aliphatic rings. The zero-order valence-electron chi connectivity index (χ0n) is 10.6. The van der Waals surface area contributed by atoms with E-state index in [4.69, 9.17) is 0 Å². The number of anilines is 1. The Kier molecular flexibility index (Phi) is 4.26. The van der Waals surface area contributed by atoms with E-state index in [0.29, 0.717) is 11.5 Å². The maximum Gasteiger partial charge on any atom is 0.238 e. The van der Waals surface area contributed by atoms with E-state index in [-0.39, 0.29) is 16.7 Å². The number of hydrogen-bond acceptors (Lipinski definition) is 4. The highest BCUT2D eigenvalue weighted by Crippen LogP contribution is 2.15. The van der Waals surface area contributed by atoms with E-state index in [1.54, 1.807) is 29.3 Å². The molecule has 100 valence electrons. The zero-order valence-corrected chi connectivity index (χ0v) is 12.2. The number of rotatable bonds is 4. The Balaban J connectivity index is 2.05. The number of halogens is 1. The standard InChI is InChI=1S/C12H14BrN5O/c1-8(2)11(13)12(19)17-9-3-4-10(15-5-9)18-7-14-6-16-18/h3-8,11H,1-2H3,(H,17,19). The van der Waals surface area contributed by atoms with Crippen molar-refractivity contribution in [1.82, 2.24) is 19.7 Å². The SMILES string of the molecule is CC(C)C(Br)C(=O)Nc1ccc(-n2cncn2)nc1. The number of pyridine rings is 1. The molecule has 2 aromatic heterocycles. The van der Waals surface area contributed by atoms with Crippen molar-refractivity contribution in [2.75, 3.05) is 5.32 Å². The molecule has 2 rings (SSSR count). The van der Waals surface area contributed by atoms with Gasteiger partial charge in [-0.3, -0.25) is 4.79 Å². The van der Waals surface area contributed by atoms with Crippen LogP contribution < -0.4 is 5.32 Å². The lowest BCUT2D eigenvalue weighted by Crippen LogP contribution is -2.27. The summed E-state index contributed by atoms with van der Waals surface area (Å²) >= 11 is 3.36. The van der Waals surface area contributed by atoms with Crippen molar-refractivity contribution < 1.29 is 4.79 Å². The molecule has 6 nitrogen and oxygen atoms in total. The van der Waals surface area contributed by atoms with Gasteiger partial charge in [0.1, 0.15) is 12.7 Å². The van der Waals surface area contributed by atoms with Gasteiger partial charge in [-0.05, 0) is 18.1 Å². The van der Waals surface area contributed by atoms with Crippen LogP contribution in [0.25, 0.3) is 5.82 Å². The molecule has 7 heteroatoms. The molecule has 1 N–H and O–H groups in total. The van der Waals surface area contributed by atoms with Gasteiger partial charge in [0, 0.05) is 0 Å². The third-order valence-electron chi connectivity index (χ3n) is 2.50. The van der Waals surface area contributed by atoms with Gasteiger partial charge in [0.2, 0.25) is 5.91 Å². The van der Waals surface area contributed by atoms with Gasteiger partial charge in [-0.1, -0.05) is 29.8 Å². The van der Waals surface area contributed by atoms with E-state index < -0.39 is 0 Å². The fraction of sp³-hybridized carbons (Fsp3) is 0.333. The van der Waals surface area contributed by atoms with Crippen LogP contribution in [0.4, 0.5) is 5.69 Å². The van der Waals surface area contributed by atoms with Crippen molar-refractivity contribution in [1.29, 1.82) is 0 Å². The molecule has 0 radical (unpaired) electrons. The van der Waals surface area contributed by atoms with Crippen LogP contribution in [0, 0.1) is 5.92 Å². The Hall–Kier alpha value is -1.76. The minimum atomic E-state index is -0.220. The first-order valence-corrected chi connectivity index (χ1v) is 6.75. The summed E-state index contributed by atoms with van der Waals surface area (Å²) in [5, 5.41) is 6.78. The van der Waals surface area contributed by atoms with Crippen molar-refractivity contribution in [3.05, 3.63) is 31.0 Å². The second-order valence-electron chi connectivity index (χ2n) is 4.38. The van der Waals surface area contributed by atoms with Crippen LogP contribution in [0.3, 0.4) is 0 Å². The number of nitrogens with zero attached hydrogens (tertiary/aromatic N) is 4. The first-order chi connectivity index (χ1) is 9.08. The van der Waals surface area contributed by atoms with E-state index in [1.165, 1.54) is 6.33 Å². The highest BCUT2D eigenvalue weighted by atomic mass is 79.9. The fourth-order valence-corrected chi connectivity index (χ4v) is 1.55. The molecule has 1 amide bonds. The first kappa shape index (κ1) is 13.7. The van der Waals surface area contributed by atoms with Crippen LogP contribution >= 0.6 is 15.9 Å². The number of carbonyl (C=O) groups excluding carboxylic acids is 1. The molecular formula is C12H14BrN5O. The molecule has 2 heterocycles. The molecule has 1 unspecified atom stereocenters. The second-order valence-corrected chi connectivity index (χ2v) is 5.37. The fourth-order valence-electron chi connectivity index (χ4n) is 1.44. The average molecular weight is 324 g/mol. The number of amides is 1. The topological polar surface area (TPSA) is 72.7 Å². The van der Waals surface area contributed by atoms with Gasteiger partial charge in [0.25, 0.3) is 0 Å². The summed E-state index contributed by atoms with van der Waals surface area (Å²) < 4.78 is 1.55. The smallest absolute Gasteiger partial charge is 0.238 e. The number of hydrogen-bond donors (Lipinski definition) is 1. The van der Waals surface area contributed by atoms with E-state index in [9.17, 15) is 4.79 Å². The molecular weight excluding hydrogens is 310 g/mol. The van der Waals surface area contributed by atoms with Crippen LogP contribution in [0.2, 0.25) is 0 Å². The maximum absolute atomic E-state index is 11.9. The van der Waals surface area contributed by atoms with Crippen molar-refractivity contribution in [3.8, 4) is 5.82 Å². The van der Waals surface area contributed by atoms with E-state index in [0.717, 1.165) is 0 Å². The maximum atomic E-state index is 11.9. The number of nitrogens with one attached hydrogen (secondary N) is 1. The molecule has 0 fully saturated rings. The van der Waals surface area contributed by atoms with Crippen LogP contribution in [0.15, 0.2) is 31.0 Å². The summed E-state index contributed by atoms with van der Waals surface area (Å²) in [5.41, 5.74) is 0.652. The van der Waals surface area contributed by atoms with Crippen molar-refractivity contribution in [3.63, 3.8) is 0 Å². The summed E-state index contributed by atoms with van der Waals surface area (Å²) in [6.07, 6.45) is 4.60. The molecule has 0 saturated heterocycles. The minimum absolute atomic E-state index is 0.0784. The molecule has 0 aliphatic heterocycles. The Morgan fingerprint density at radius 1 is 1.42 bits per heavy atom. The monoisotopic (exact) mass is 323 g/mol. The second kappa shape index (κ2) is 5.92. The molecule has 0 spiro atoms. The molecule has 0 bridgehead atoms. The molecule has 0 aliphatic carbocycles. The molecule has 19 heavy (non-hydrogen) atoms. The normalized spacial score (nSPS) is 12.4. The molecule has 0 aromatic carbocycles. The van der Waals surface area contributed by atoms with Gasteiger partial charge in [-0.15, -0.1) is 0 Å². The van der Waals surface area contributed by atoms with Gasteiger partial charge >= 0.3 is 0 Å². The quantitative estimate of drug-likeness (QED) is 0.874. The van der Waals surface area contributed by atoms with Crippen LogP contribution in [0.1, 0.15) is 13.8 Å². The molecule has 0 saturated carbocycles. The largest absolute Gasteiger partial charge is 0.324 e. The molecule has 1 atom stereocenters. The first-order valence-electron chi connectivity index (χ1n) is 5.84. The molecule has 2 aromatic rings. The summed E-state index contributed by atoms with van der Waals surface area (Å²) in [4.78, 5) is 19.7. The van der Waals surface area contributed by atoms with Gasteiger partial charge in [-0.2, -0.15) is 5.10 Å². The number of aromatic nitrogens is 4. The van der Waals surface area contributed by atoms with E-state index in [1.807, 2.05) is 13.8 Å². The Labute approximate surface area is 119 Å². The average Bonchev–Trinajstić information content (AvgIpc) is 2.92. The van der Waals surface area contributed by atoms with Crippen LogP contribution in [0.5, 0.6) is 0 Å². The number of carbonyl (C=O) groups is 1. The summed E-state index contributed by atoms with van der Waals surface area (Å²) in [6, 6.07) is 3.55. The highest BCUT2D eigenvalue weighted by Gasteiger charge is 2.18. The lowest BCUT2D eigenvalue weighted by atomic mass is 10.1. The number of alkyl halides is 1. The van der Waals surface area contributed by atoms with Gasteiger partial charge in [0.05, 0.1) is 16.7 Å². The van der Waals surface area contributed by atoms with Crippen LogP contribution in [-0.2, 0) is 4.79 Å². The van der Waals surface area contributed by atoms with Gasteiger partial charge in [0.15, 0.2) is 5.82 Å². The highest BCUT2D eigenvalue weighted by molar-refractivity contribution is 9.10. The van der Waals surface area contributed by atoms with E-state index >= 15 is 0 Å². The van der Waals surface area contributed by atoms with Crippen molar-refractivity contribution >= 4 is 27.5 Å². The Morgan fingerprint density at radius 3 is 2.74 bits per heavy atom. The lowest BCUT2D eigenvalue weighted by molar-refractivity contribution is -0.116. The van der Waals surface area contributed by atoms with Crippen molar-refractivity contribution in [2.45, 2.75) is 18.7 Å².